The minimum Gasteiger partial charge on any atom is -0.423 e. The van der Waals surface area contributed by atoms with Gasteiger partial charge in [-0.2, -0.15) is 4.98 Å². The van der Waals surface area contributed by atoms with Crippen LogP contribution in [-0.2, 0) is 0 Å². The van der Waals surface area contributed by atoms with Gasteiger partial charge in [0.15, 0.2) is 5.58 Å². The van der Waals surface area contributed by atoms with E-state index in [9.17, 15) is 4.79 Å². The van der Waals surface area contributed by atoms with E-state index in [-0.39, 0.29) is 11.9 Å². The summed E-state index contributed by atoms with van der Waals surface area (Å²) in [6.45, 7) is 9.89. The van der Waals surface area contributed by atoms with E-state index in [2.05, 4.69) is 22.1 Å². The number of anilines is 1. The predicted molar refractivity (Wildman–Crippen MR) is 95.9 cm³/mol. The molecule has 0 unspecified atom stereocenters. The third-order valence-corrected chi connectivity index (χ3v) is 4.69. The summed E-state index contributed by atoms with van der Waals surface area (Å²) in [4.78, 5) is 21.2. The van der Waals surface area contributed by atoms with Gasteiger partial charge in [0.2, 0.25) is 0 Å². The zero-order valence-corrected chi connectivity index (χ0v) is 15.1. The lowest BCUT2D eigenvalue weighted by atomic mass is 10.1. The van der Waals surface area contributed by atoms with Crippen molar-refractivity contribution in [3.8, 4) is 0 Å². The van der Waals surface area contributed by atoms with Crippen LogP contribution in [-0.4, -0.2) is 54.6 Å². The average molecular weight is 351 g/mol. The molecule has 0 radical (unpaired) electrons. The number of hydrogen-bond donors (Lipinski definition) is 1. The fraction of sp³-hybridized carbons (Fsp3) is 0.529. The Labute approximate surface area is 146 Å². The molecule has 24 heavy (non-hydrogen) atoms. The standard InChI is InChI=1S/C17H23ClN4O2/c1-4-21(5-2)16(23)13-8-12(18)9-14-15(13)24-17(20-14)22-7-6-19-10-11(22)3/h8-9,11,19H,4-7,10H2,1-3H3/t11-/m0/s1. The number of halogens is 1. The molecule has 0 aliphatic carbocycles. The SMILES string of the molecule is CCN(CC)C(=O)c1cc(Cl)cc2nc(N3CCNC[C@@H]3C)oc12. The molecule has 7 heteroatoms. The van der Waals surface area contributed by atoms with Crippen LogP contribution >= 0.6 is 11.6 Å². The van der Waals surface area contributed by atoms with E-state index in [4.69, 9.17) is 16.0 Å². The minimum absolute atomic E-state index is 0.0800. The van der Waals surface area contributed by atoms with Crippen molar-refractivity contribution in [2.45, 2.75) is 26.8 Å². The fourth-order valence-corrected chi connectivity index (χ4v) is 3.29. The average Bonchev–Trinajstić information content (AvgIpc) is 2.99. The van der Waals surface area contributed by atoms with Crippen LogP contribution in [0.4, 0.5) is 6.01 Å². The van der Waals surface area contributed by atoms with Gasteiger partial charge in [-0.05, 0) is 32.9 Å². The molecule has 1 amide bonds. The number of oxazole rings is 1. The van der Waals surface area contributed by atoms with Crippen LogP contribution in [0.15, 0.2) is 16.5 Å². The molecule has 1 atom stereocenters. The highest BCUT2D eigenvalue weighted by molar-refractivity contribution is 6.32. The first kappa shape index (κ1) is 17.0. The zero-order valence-electron chi connectivity index (χ0n) is 14.3. The van der Waals surface area contributed by atoms with E-state index in [1.807, 2.05) is 13.8 Å². The third-order valence-electron chi connectivity index (χ3n) is 4.47. The van der Waals surface area contributed by atoms with Gasteiger partial charge >= 0.3 is 0 Å². The molecule has 0 saturated carbocycles. The number of rotatable bonds is 4. The van der Waals surface area contributed by atoms with Gasteiger partial charge in [0.1, 0.15) is 5.52 Å². The van der Waals surface area contributed by atoms with Crippen molar-refractivity contribution in [2.75, 3.05) is 37.6 Å². The molecule has 3 rings (SSSR count). The van der Waals surface area contributed by atoms with E-state index in [0.717, 1.165) is 19.6 Å². The Morgan fingerprint density at radius 3 is 2.88 bits per heavy atom. The van der Waals surface area contributed by atoms with Crippen LogP contribution in [0.5, 0.6) is 0 Å². The molecule has 0 spiro atoms. The lowest BCUT2D eigenvalue weighted by Gasteiger charge is -2.32. The van der Waals surface area contributed by atoms with Crippen molar-refractivity contribution in [1.82, 2.24) is 15.2 Å². The number of piperazine rings is 1. The number of aromatic nitrogens is 1. The van der Waals surface area contributed by atoms with Gasteiger partial charge in [-0.15, -0.1) is 0 Å². The quantitative estimate of drug-likeness (QED) is 0.918. The first-order valence-corrected chi connectivity index (χ1v) is 8.79. The minimum atomic E-state index is -0.0800. The van der Waals surface area contributed by atoms with Crippen LogP contribution in [0.2, 0.25) is 5.02 Å². The van der Waals surface area contributed by atoms with Gasteiger partial charge in [-0.3, -0.25) is 4.79 Å². The summed E-state index contributed by atoms with van der Waals surface area (Å²) in [5.74, 6) is -0.0800. The van der Waals surface area contributed by atoms with E-state index in [0.29, 0.717) is 40.8 Å². The van der Waals surface area contributed by atoms with Gasteiger partial charge < -0.3 is 19.5 Å². The summed E-state index contributed by atoms with van der Waals surface area (Å²) in [5, 5.41) is 3.84. The first-order valence-electron chi connectivity index (χ1n) is 8.41. The van der Waals surface area contributed by atoms with Crippen LogP contribution in [0.1, 0.15) is 31.1 Å². The van der Waals surface area contributed by atoms with Crippen molar-refractivity contribution in [2.24, 2.45) is 0 Å². The second-order valence-corrected chi connectivity index (χ2v) is 6.46. The van der Waals surface area contributed by atoms with Gasteiger partial charge in [0.25, 0.3) is 11.9 Å². The molecule has 0 bridgehead atoms. The number of nitrogens with one attached hydrogen (secondary N) is 1. The summed E-state index contributed by atoms with van der Waals surface area (Å²) >= 11 is 6.21. The lowest BCUT2D eigenvalue weighted by molar-refractivity contribution is 0.0774. The molecule has 1 fully saturated rings. The van der Waals surface area contributed by atoms with Gasteiger partial charge in [0, 0.05) is 43.8 Å². The molecule has 1 N–H and O–H groups in total. The molecule has 2 aromatic rings. The van der Waals surface area contributed by atoms with Crippen LogP contribution in [0.3, 0.4) is 0 Å². The predicted octanol–water partition coefficient (Wildman–Crippen LogP) is 2.76. The molecule has 1 aromatic heterocycles. The molecule has 1 saturated heterocycles. The maximum absolute atomic E-state index is 12.8. The first-order chi connectivity index (χ1) is 11.5. The number of fused-ring (bicyclic) bond motifs is 1. The van der Waals surface area contributed by atoms with Crippen LogP contribution < -0.4 is 10.2 Å². The number of amides is 1. The summed E-state index contributed by atoms with van der Waals surface area (Å²) in [6.07, 6.45) is 0. The topological polar surface area (TPSA) is 61.6 Å². The number of carbonyl (C=O) groups excluding carboxylic acids is 1. The van der Waals surface area contributed by atoms with E-state index >= 15 is 0 Å². The highest BCUT2D eigenvalue weighted by Crippen LogP contribution is 2.30. The Bertz CT molecular complexity index is 742. The summed E-state index contributed by atoms with van der Waals surface area (Å²) < 4.78 is 6.01. The van der Waals surface area contributed by atoms with Gasteiger partial charge in [0.05, 0.1) is 5.56 Å². The third kappa shape index (κ3) is 3.08. The summed E-state index contributed by atoms with van der Waals surface area (Å²) in [5.41, 5.74) is 1.61. The molecule has 2 heterocycles. The molecule has 130 valence electrons. The number of nitrogens with zero attached hydrogens (tertiary/aromatic N) is 3. The number of hydrogen-bond acceptors (Lipinski definition) is 5. The van der Waals surface area contributed by atoms with Crippen LogP contribution in [0.25, 0.3) is 11.1 Å². The van der Waals surface area contributed by atoms with Crippen molar-refractivity contribution in [1.29, 1.82) is 0 Å². The zero-order chi connectivity index (χ0) is 17.3. The molecular formula is C17H23ClN4O2. The Morgan fingerprint density at radius 2 is 2.21 bits per heavy atom. The molecule has 1 aromatic carbocycles. The fourth-order valence-electron chi connectivity index (χ4n) is 3.07. The van der Waals surface area contributed by atoms with Crippen molar-refractivity contribution >= 4 is 34.6 Å². The Hall–Kier alpha value is -1.79. The lowest BCUT2D eigenvalue weighted by Crippen LogP contribution is -2.50. The highest BCUT2D eigenvalue weighted by Gasteiger charge is 2.25. The van der Waals surface area contributed by atoms with Crippen molar-refractivity contribution < 1.29 is 9.21 Å². The monoisotopic (exact) mass is 350 g/mol. The van der Waals surface area contributed by atoms with E-state index in [1.54, 1.807) is 17.0 Å². The van der Waals surface area contributed by atoms with Gasteiger partial charge in [-0.1, -0.05) is 11.6 Å². The highest BCUT2D eigenvalue weighted by atomic mass is 35.5. The molecule has 1 aliphatic heterocycles. The smallest absolute Gasteiger partial charge is 0.298 e. The molecule has 6 nitrogen and oxygen atoms in total. The Morgan fingerprint density at radius 1 is 1.46 bits per heavy atom. The second kappa shape index (κ2) is 6.99. The Balaban J connectivity index is 2.05. The molecular weight excluding hydrogens is 328 g/mol. The second-order valence-electron chi connectivity index (χ2n) is 6.02. The van der Waals surface area contributed by atoms with Gasteiger partial charge in [-0.25, -0.2) is 0 Å². The number of carbonyl (C=O) groups is 1. The van der Waals surface area contributed by atoms with Crippen molar-refractivity contribution in [3.63, 3.8) is 0 Å². The Kier molecular flexibility index (Phi) is 4.96. The van der Waals surface area contributed by atoms with Crippen LogP contribution in [0, 0.1) is 0 Å². The summed E-state index contributed by atoms with van der Waals surface area (Å²) in [7, 11) is 0. The van der Waals surface area contributed by atoms with Crippen molar-refractivity contribution in [3.05, 3.63) is 22.7 Å². The maximum Gasteiger partial charge on any atom is 0.298 e. The summed E-state index contributed by atoms with van der Waals surface area (Å²) in [6, 6.07) is 4.25. The number of benzene rings is 1. The van der Waals surface area contributed by atoms with E-state index < -0.39 is 0 Å². The maximum atomic E-state index is 12.8. The largest absolute Gasteiger partial charge is 0.423 e. The molecule has 1 aliphatic rings. The normalized spacial score (nSPS) is 18.2. The van der Waals surface area contributed by atoms with E-state index in [1.165, 1.54) is 0 Å².